The van der Waals surface area contributed by atoms with Crippen LogP contribution in [-0.4, -0.2) is 23.8 Å². The van der Waals surface area contributed by atoms with E-state index in [0.717, 1.165) is 0 Å². The molecule has 1 aromatic carbocycles. The van der Waals surface area contributed by atoms with Crippen LogP contribution in [0.3, 0.4) is 0 Å². The summed E-state index contributed by atoms with van der Waals surface area (Å²) in [5.74, 6) is -1.24. The number of benzene rings is 1. The number of aromatic carboxylic acids is 1. The third-order valence-electron chi connectivity index (χ3n) is 1.95. The van der Waals surface area contributed by atoms with E-state index in [9.17, 15) is 9.59 Å². The van der Waals surface area contributed by atoms with Crippen LogP contribution in [0.5, 0.6) is 0 Å². The Morgan fingerprint density at radius 3 is 2.83 bits per heavy atom. The van der Waals surface area contributed by atoms with Gasteiger partial charge in [-0.15, -0.1) is 0 Å². The van der Waals surface area contributed by atoms with Crippen LogP contribution in [0.2, 0.25) is 0 Å². The first-order chi connectivity index (χ1) is 8.58. The number of hydrogen-bond acceptors (Lipinski definition) is 4. The molecule has 0 spiro atoms. The molecule has 0 saturated heterocycles. The van der Waals surface area contributed by atoms with Gasteiger partial charge in [-0.2, -0.15) is 5.26 Å². The first-order valence-electron chi connectivity index (χ1n) is 4.90. The molecule has 1 aromatic rings. The zero-order chi connectivity index (χ0) is 13.5. The van der Waals surface area contributed by atoms with E-state index in [4.69, 9.17) is 10.4 Å². The van der Waals surface area contributed by atoms with E-state index < -0.39 is 12.1 Å². The number of carboxylic acid groups (broad SMARTS) is 1. The molecule has 92 valence electrons. The van der Waals surface area contributed by atoms with Crippen molar-refractivity contribution in [3.05, 3.63) is 42.0 Å². The van der Waals surface area contributed by atoms with Crippen LogP contribution in [0.15, 0.2) is 30.9 Å². The van der Waals surface area contributed by atoms with Crippen LogP contribution in [-0.2, 0) is 4.74 Å². The molecule has 0 aliphatic rings. The summed E-state index contributed by atoms with van der Waals surface area (Å²) < 4.78 is 4.66. The predicted molar refractivity (Wildman–Crippen MR) is 63.3 cm³/mol. The molecule has 0 heterocycles. The second-order valence-corrected chi connectivity index (χ2v) is 3.19. The van der Waals surface area contributed by atoms with Gasteiger partial charge < -0.3 is 9.84 Å². The summed E-state index contributed by atoms with van der Waals surface area (Å²) in [6.45, 7) is 3.39. The lowest BCUT2D eigenvalue weighted by Gasteiger charge is -2.08. The van der Waals surface area contributed by atoms with Gasteiger partial charge in [0.25, 0.3) is 0 Å². The van der Waals surface area contributed by atoms with Gasteiger partial charge in [0.05, 0.1) is 22.9 Å². The third kappa shape index (κ3) is 3.35. The Labute approximate surface area is 103 Å². The molecule has 0 aromatic heterocycles. The molecule has 6 nitrogen and oxygen atoms in total. The Kier molecular flexibility index (Phi) is 4.46. The first-order valence-corrected chi connectivity index (χ1v) is 4.90. The lowest BCUT2D eigenvalue weighted by Crippen LogP contribution is -2.16. The summed E-state index contributed by atoms with van der Waals surface area (Å²) in [5.41, 5.74) is 0.0811. The second-order valence-electron chi connectivity index (χ2n) is 3.19. The van der Waals surface area contributed by atoms with Gasteiger partial charge in [0.15, 0.2) is 0 Å². The van der Waals surface area contributed by atoms with Crippen LogP contribution < -0.4 is 5.32 Å². The van der Waals surface area contributed by atoms with Gasteiger partial charge >= 0.3 is 12.1 Å². The smallest absolute Gasteiger partial charge is 0.411 e. The van der Waals surface area contributed by atoms with Crippen molar-refractivity contribution in [1.82, 2.24) is 0 Å². The van der Waals surface area contributed by atoms with E-state index in [1.165, 1.54) is 24.3 Å². The number of anilines is 1. The second kappa shape index (κ2) is 6.06. The van der Waals surface area contributed by atoms with Gasteiger partial charge in [0, 0.05) is 0 Å². The van der Waals surface area contributed by atoms with Crippen molar-refractivity contribution < 1.29 is 19.4 Å². The van der Waals surface area contributed by atoms with Gasteiger partial charge in [-0.05, 0) is 18.2 Å². The van der Waals surface area contributed by atoms with Crippen LogP contribution in [0.25, 0.3) is 0 Å². The standard InChI is InChI=1S/C12H10N2O4/c1-2-5-18-12(17)14-10-4-3-8(7-13)6-9(10)11(15)16/h2-4,6H,1,5H2,(H,14,17)(H,15,16). The Hall–Kier alpha value is -2.81. The molecular formula is C12H10N2O4. The molecular weight excluding hydrogens is 236 g/mol. The summed E-state index contributed by atoms with van der Waals surface area (Å²) in [6.07, 6.45) is 0.596. The van der Waals surface area contributed by atoms with E-state index in [2.05, 4.69) is 16.6 Å². The van der Waals surface area contributed by atoms with E-state index in [1.54, 1.807) is 0 Å². The van der Waals surface area contributed by atoms with Crippen molar-refractivity contribution in [2.24, 2.45) is 0 Å². The number of rotatable bonds is 4. The van der Waals surface area contributed by atoms with Crippen LogP contribution in [0, 0.1) is 11.3 Å². The summed E-state index contributed by atoms with van der Waals surface area (Å²) in [6, 6.07) is 5.72. The molecule has 0 radical (unpaired) electrons. The average Bonchev–Trinajstić information content (AvgIpc) is 2.36. The lowest BCUT2D eigenvalue weighted by atomic mass is 10.1. The quantitative estimate of drug-likeness (QED) is 0.791. The minimum Gasteiger partial charge on any atom is -0.478 e. The van der Waals surface area contributed by atoms with Crippen LogP contribution >= 0.6 is 0 Å². The topological polar surface area (TPSA) is 99.4 Å². The van der Waals surface area contributed by atoms with Crippen LogP contribution in [0.1, 0.15) is 15.9 Å². The number of nitrogens with one attached hydrogen (secondary N) is 1. The highest BCUT2D eigenvalue weighted by Gasteiger charge is 2.13. The van der Waals surface area contributed by atoms with Crippen molar-refractivity contribution in [3.63, 3.8) is 0 Å². The largest absolute Gasteiger partial charge is 0.478 e. The van der Waals surface area contributed by atoms with Crippen molar-refractivity contribution in [1.29, 1.82) is 5.26 Å². The Morgan fingerprint density at radius 1 is 1.56 bits per heavy atom. The number of amides is 1. The number of nitriles is 1. The normalized spacial score (nSPS) is 9.06. The fourth-order valence-corrected chi connectivity index (χ4v) is 1.18. The van der Waals surface area contributed by atoms with Gasteiger partial charge in [-0.25, -0.2) is 9.59 Å². The monoisotopic (exact) mass is 246 g/mol. The fraction of sp³-hybridized carbons (Fsp3) is 0.0833. The highest BCUT2D eigenvalue weighted by molar-refractivity contribution is 5.99. The van der Waals surface area contributed by atoms with E-state index in [1.807, 2.05) is 6.07 Å². The van der Waals surface area contributed by atoms with E-state index in [-0.39, 0.29) is 23.4 Å². The first kappa shape index (κ1) is 13.3. The summed E-state index contributed by atoms with van der Waals surface area (Å²) in [4.78, 5) is 22.2. The number of carbonyl (C=O) groups excluding carboxylic acids is 1. The van der Waals surface area contributed by atoms with Gasteiger partial charge in [-0.3, -0.25) is 5.32 Å². The number of hydrogen-bond donors (Lipinski definition) is 2. The molecule has 1 rings (SSSR count). The number of ether oxygens (including phenoxy) is 1. The molecule has 0 fully saturated rings. The minimum atomic E-state index is -1.24. The minimum absolute atomic E-state index is 0.0184. The molecule has 1 amide bonds. The fourth-order valence-electron chi connectivity index (χ4n) is 1.18. The van der Waals surface area contributed by atoms with Gasteiger partial charge in [0.1, 0.15) is 6.61 Å². The molecule has 0 atom stereocenters. The molecule has 18 heavy (non-hydrogen) atoms. The highest BCUT2D eigenvalue weighted by atomic mass is 16.5. The lowest BCUT2D eigenvalue weighted by molar-refractivity contribution is 0.0698. The summed E-state index contributed by atoms with van der Waals surface area (Å²) >= 11 is 0. The maximum absolute atomic E-state index is 11.3. The van der Waals surface area contributed by atoms with Crippen molar-refractivity contribution in [2.75, 3.05) is 11.9 Å². The number of nitrogens with zero attached hydrogens (tertiary/aromatic N) is 1. The predicted octanol–water partition coefficient (Wildman–Crippen LogP) is 1.99. The van der Waals surface area contributed by atoms with Crippen molar-refractivity contribution in [3.8, 4) is 6.07 Å². The van der Waals surface area contributed by atoms with Crippen molar-refractivity contribution >= 4 is 17.7 Å². The zero-order valence-corrected chi connectivity index (χ0v) is 9.34. The molecule has 6 heteroatoms. The Bertz CT molecular complexity index is 531. The maximum Gasteiger partial charge on any atom is 0.411 e. The molecule has 0 unspecified atom stereocenters. The Balaban J connectivity index is 2.95. The molecule has 0 saturated carbocycles. The van der Waals surface area contributed by atoms with Gasteiger partial charge in [-0.1, -0.05) is 12.7 Å². The maximum atomic E-state index is 11.3. The molecule has 0 bridgehead atoms. The van der Waals surface area contributed by atoms with E-state index in [0.29, 0.717) is 0 Å². The SMILES string of the molecule is C=CCOC(=O)Nc1ccc(C#N)cc1C(=O)O. The Morgan fingerprint density at radius 2 is 2.28 bits per heavy atom. The van der Waals surface area contributed by atoms with Crippen LogP contribution in [0.4, 0.5) is 10.5 Å². The van der Waals surface area contributed by atoms with Crippen molar-refractivity contribution in [2.45, 2.75) is 0 Å². The summed E-state index contributed by atoms with van der Waals surface area (Å²) in [7, 11) is 0. The molecule has 2 N–H and O–H groups in total. The van der Waals surface area contributed by atoms with E-state index >= 15 is 0 Å². The average molecular weight is 246 g/mol. The summed E-state index contributed by atoms with van der Waals surface area (Å²) in [5, 5.41) is 19.9. The highest BCUT2D eigenvalue weighted by Crippen LogP contribution is 2.17. The number of carboxylic acids is 1. The zero-order valence-electron chi connectivity index (χ0n) is 9.34. The number of carbonyl (C=O) groups is 2. The van der Waals surface area contributed by atoms with Gasteiger partial charge in [0.2, 0.25) is 0 Å². The molecule has 0 aliphatic heterocycles. The molecule has 0 aliphatic carbocycles. The third-order valence-corrected chi connectivity index (χ3v) is 1.95.